The van der Waals surface area contributed by atoms with Crippen LogP contribution in [0.3, 0.4) is 0 Å². The molecule has 0 spiro atoms. The molecule has 0 aromatic carbocycles. The molecule has 1 rings (SSSR count). The summed E-state index contributed by atoms with van der Waals surface area (Å²) in [7, 11) is 0. The Hall–Kier alpha value is -0.0400. The Morgan fingerprint density at radius 2 is 1.83 bits per heavy atom. The van der Waals surface area contributed by atoms with E-state index in [9.17, 15) is 0 Å². The molecule has 1 N–H and O–H groups in total. The monoisotopic (exact) mass is 253 g/mol. The van der Waals surface area contributed by atoms with Crippen LogP contribution in [-0.4, -0.2) is 13.1 Å². The highest BCUT2D eigenvalue weighted by atomic mass is 14.9. The van der Waals surface area contributed by atoms with Crippen molar-refractivity contribution in [1.82, 2.24) is 5.32 Å². The van der Waals surface area contributed by atoms with Gasteiger partial charge in [-0.3, -0.25) is 0 Å². The zero-order valence-electron chi connectivity index (χ0n) is 13.6. The fraction of sp³-hybridized carbons (Fsp3) is 1.00. The summed E-state index contributed by atoms with van der Waals surface area (Å²) in [6.45, 7) is 17.1. The maximum Gasteiger partial charge on any atom is 0.00113 e. The van der Waals surface area contributed by atoms with Crippen LogP contribution in [0.4, 0.5) is 0 Å². The van der Waals surface area contributed by atoms with Crippen molar-refractivity contribution in [3.05, 3.63) is 0 Å². The van der Waals surface area contributed by atoms with E-state index in [4.69, 9.17) is 0 Å². The van der Waals surface area contributed by atoms with Crippen molar-refractivity contribution in [2.75, 3.05) is 13.1 Å². The molecular formula is C17H35N. The SMILES string of the molecule is CCCC(C(C)(CC)CC)C1(C)CNCC1CC. The molecule has 0 aromatic heterocycles. The lowest BCUT2D eigenvalue weighted by molar-refractivity contribution is 0.0114. The minimum Gasteiger partial charge on any atom is -0.316 e. The van der Waals surface area contributed by atoms with E-state index in [1.54, 1.807) is 0 Å². The van der Waals surface area contributed by atoms with Gasteiger partial charge in [-0.15, -0.1) is 0 Å². The molecular weight excluding hydrogens is 218 g/mol. The van der Waals surface area contributed by atoms with Crippen molar-refractivity contribution in [2.45, 2.75) is 73.6 Å². The van der Waals surface area contributed by atoms with Crippen molar-refractivity contribution in [2.24, 2.45) is 22.7 Å². The van der Waals surface area contributed by atoms with E-state index in [1.165, 1.54) is 45.2 Å². The molecule has 1 fully saturated rings. The lowest BCUT2D eigenvalue weighted by Gasteiger charge is -2.48. The smallest absolute Gasteiger partial charge is 0.00113 e. The van der Waals surface area contributed by atoms with Gasteiger partial charge in [0.1, 0.15) is 0 Å². The second kappa shape index (κ2) is 6.41. The molecule has 0 saturated carbocycles. The second-order valence-corrected chi connectivity index (χ2v) is 6.94. The molecule has 1 nitrogen and oxygen atoms in total. The van der Waals surface area contributed by atoms with Crippen LogP contribution >= 0.6 is 0 Å². The zero-order chi connectivity index (χ0) is 13.8. The van der Waals surface area contributed by atoms with Crippen LogP contribution in [0, 0.1) is 22.7 Å². The first kappa shape index (κ1) is 16.0. The van der Waals surface area contributed by atoms with Crippen molar-refractivity contribution >= 4 is 0 Å². The van der Waals surface area contributed by atoms with Crippen LogP contribution in [0.25, 0.3) is 0 Å². The Kier molecular flexibility index (Phi) is 5.70. The molecule has 108 valence electrons. The molecule has 0 amide bonds. The molecule has 1 saturated heterocycles. The quantitative estimate of drug-likeness (QED) is 0.683. The van der Waals surface area contributed by atoms with E-state index in [-0.39, 0.29) is 0 Å². The van der Waals surface area contributed by atoms with Gasteiger partial charge in [-0.2, -0.15) is 0 Å². The molecule has 0 aromatic rings. The first-order valence-corrected chi connectivity index (χ1v) is 8.19. The highest BCUT2D eigenvalue weighted by Crippen LogP contribution is 2.52. The third kappa shape index (κ3) is 2.76. The average molecular weight is 253 g/mol. The zero-order valence-corrected chi connectivity index (χ0v) is 13.6. The summed E-state index contributed by atoms with van der Waals surface area (Å²) < 4.78 is 0. The summed E-state index contributed by atoms with van der Waals surface area (Å²) in [6, 6.07) is 0. The molecule has 0 bridgehead atoms. The van der Waals surface area contributed by atoms with Crippen molar-refractivity contribution in [3.8, 4) is 0 Å². The number of rotatable bonds is 7. The highest BCUT2D eigenvalue weighted by molar-refractivity contribution is 5.00. The van der Waals surface area contributed by atoms with E-state index in [1.807, 2.05) is 0 Å². The average Bonchev–Trinajstić information content (AvgIpc) is 2.77. The normalized spacial score (nSPS) is 30.7. The summed E-state index contributed by atoms with van der Waals surface area (Å²) in [4.78, 5) is 0. The second-order valence-electron chi connectivity index (χ2n) is 6.94. The topological polar surface area (TPSA) is 12.0 Å². The predicted octanol–water partition coefficient (Wildman–Crippen LogP) is 4.86. The maximum atomic E-state index is 3.67. The molecule has 0 aliphatic carbocycles. The van der Waals surface area contributed by atoms with E-state index in [2.05, 4.69) is 46.9 Å². The largest absolute Gasteiger partial charge is 0.316 e. The van der Waals surface area contributed by atoms with Gasteiger partial charge in [-0.1, -0.05) is 67.2 Å². The fourth-order valence-corrected chi connectivity index (χ4v) is 4.42. The molecule has 3 atom stereocenters. The predicted molar refractivity (Wildman–Crippen MR) is 81.8 cm³/mol. The summed E-state index contributed by atoms with van der Waals surface area (Å²) in [6.07, 6.45) is 6.69. The van der Waals surface area contributed by atoms with Gasteiger partial charge in [0.05, 0.1) is 0 Å². The van der Waals surface area contributed by atoms with Crippen LogP contribution in [-0.2, 0) is 0 Å². The van der Waals surface area contributed by atoms with Crippen LogP contribution in [0.15, 0.2) is 0 Å². The van der Waals surface area contributed by atoms with Crippen LogP contribution in [0.2, 0.25) is 0 Å². The van der Waals surface area contributed by atoms with E-state index in [0.717, 1.165) is 11.8 Å². The fourth-order valence-electron chi connectivity index (χ4n) is 4.42. The molecule has 3 unspecified atom stereocenters. The Morgan fingerprint density at radius 1 is 1.22 bits per heavy atom. The Bertz CT molecular complexity index is 244. The lowest BCUT2D eigenvalue weighted by Crippen LogP contribution is -2.44. The molecule has 1 heterocycles. The van der Waals surface area contributed by atoms with Crippen LogP contribution in [0.5, 0.6) is 0 Å². The lowest BCUT2D eigenvalue weighted by atomic mass is 9.56. The first-order chi connectivity index (χ1) is 8.48. The van der Waals surface area contributed by atoms with Crippen LogP contribution in [0.1, 0.15) is 73.6 Å². The Labute approximate surface area is 115 Å². The maximum absolute atomic E-state index is 3.67. The molecule has 1 heteroatoms. The van der Waals surface area contributed by atoms with Gasteiger partial charge in [0, 0.05) is 6.54 Å². The van der Waals surface area contributed by atoms with Gasteiger partial charge in [0.15, 0.2) is 0 Å². The molecule has 1 aliphatic rings. The van der Waals surface area contributed by atoms with Crippen molar-refractivity contribution < 1.29 is 0 Å². The third-order valence-corrected chi connectivity index (χ3v) is 6.15. The van der Waals surface area contributed by atoms with Crippen LogP contribution < -0.4 is 5.32 Å². The van der Waals surface area contributed by atoms with E-state index >= 15 is 0 Å². The number of hydrogen-bond acceptors (Lipinski definition) is 1. The molecule has 18 heavy (non-hydrogen) atoms. The summed E-state index contributed by atoms with van der Waals surface area (Å²) >= 11 is 0. The Balaban J connectivity index is 3.03. The summed E-state index contributed by atoms with van der Waals surface area (Å²) in [5.74, 6) is 1.73. The van der Waals surface area contributed by atoms with Gasteiger partial charge >= 0.3 is 0 Å². The standard InChI is InChI=1S/C17H35N/c1-7-11-15(16(5,9-3)10-4)17(6)13-18-12-14(17)8-2/h14-15,18H,7-13H2,1-6H3. The highest BCUT2D eigenvalue weighted by Gasteiger charge is 2.49. The van der Waals surface area contributed by atoms with Gasteiger partial charge < -0.3 is 5.32 Å². The van der Waals surface area contributed by atoms with Crippen molar-refractivity contribution in [3.63, 3.8) is 0 Å². The van der Waals surface area contributed by atoms with Gasteiger partial charge in [0.2, 0.25) is 0 Å². The van der Waals surface area contributed by atoms with Gasteiger partial charge in [-0.05, 0) is 35.6 Å². The summed E-state index contributed by atoms with van der Waals surface area (Å²) in [5, 5.41) is 3.67. The molecule has 1 aliphatic heterocycles. The summed E-state index contributed by atoms with van der Waals surface area (Å²) in [5.41, 5.74) is 1.02. The molecule has 0 radical (unpaired) electrons. The number of nitrogens with one attached hydrogen (secondary N) is 1. The number of hydrogen-bond donors (Lipinski definition) is 1. The van der Waals surface area contributed by atoms with Crippen molar-refractivity contribution in [1.29, 1.82) is 0 Å². The van der Waals surface area contributed by atoms with Gasteiger partial charge in [-0.25, -0.2) is 0 Å². The van der Waals surface area contributed by atoms with E-state index in [0.29, 0.717) is 10.8 Å². The van der Waals surface area contributed by atoms with Gasteiger partial charge in [0.25, 0.3) is 0 Å². The minimum atomic E-state index is 0.505. The Morgan fingerprint density at radius 3 is 2.28 bits per heavy atom. The third-order valence-electron chi connectivity index (χ3n) is 6.15. The van der Waals surface area contributed by atoms with E-state index < -0.39 is 0 Å². The minimum absolute atomic E-state index is 0.505. The first-order valence-electron chi connectivity index (χ1n) is 8.19.